The summed E-state index contributed by atoms with van der Waals surface area (Å²) in [5.41, 5.74) is 1.22. The van der Waals surface area contributed by atoms with Gasteiger partial charge in [-0.05, 0) is 25.7 Å². The molecule has 0 aromatic heterocycles. The van der Waals surface area contributed by atoms with E-state index in [1.165, 1.54) is 30.7 Å². The van der Waals surface area contributed by atoms with Crippen LogP contribution in [0.15, 0.2) is 11.1 Å². The van der Waals surface area contributed by atoms with E-state index < -0.39 is 0 Å². The minimum atomic E-state index is 0.564. The number of hydrogen-bond acceptors (Lipinski definition) is 0. The van der Waals surface area contributed by atoms with Gasteiger partial charge in [0.05, 0.1) is 0 Å². The van der Waals surface area contributed by atoms with E-state index in [0.717, 1.165) is 0 Å². The van der Waals surface area contributed by atoms with Gasteiger partial charge in [0.25, 0.3) is 0 Å². The van der Waals surface area contributed by atoms with Gasteiger partial charge < -0.3 is 0 Å². The highest BCUT2D eigenvalue weighted by Crippen LogP contribution is 2.81. The Balaban J connectivity index is 2.13. The van der Waals surface area contributed by atoms with E-state index >= 15 is 0 Å². The SMILES string of the molecule is ClC1=CC2(CC2)C12CC2. The van der Waals surface area contributed by atoms with Gasteiger partial charge in [-0.15, -0.1) is 0 Å². The molecular formula is C8H9Cl. The number of rotatable bonds is 0. The van der Waals surface area contributed by atoms with E-state index in [4.69, 9.17) is 11.6 Å². The van der Waals surface area contributed by atoms with Crippen molar-refractivity contribution in [2.24, 2.45) is 10.8 Å². The highest BCUT2D eigenvalue weighted by molar-refractivity contribution is 6.31. The molecule has 0 heterocycles. The molecule has 1 heteroatoms. The van der Waals surface area contributed by atoms with Crippen LogP contribution in [0.1, 0.15) is 25.7 Å². The Morgan fingerprint density at radius 3 is 2.11 bits per heavy atom. The molecule has 0 aliphatic heterocycles. The Morgan fingerprint density at radius 2 is 1.89 bits per heavy atom. The van der Waals surface area contributed by atoms with Crippen molar-refractivity contribution < 1.29 is 0 Å². The van der Waals surface area contributed by atoms with Gasteiger partial charge in [0.15, 0.2) is 0 Å². The van der Waals surface area contributed by atoms with Crippen molar-refractivity contribution in [1.82, 2.24) is 0 Å². The summed E-state index contributed by atoms with van der Waals surface area (Å²) in [6, 6.07) is 0. The molecule has 3 rings (SSSR count). The van der Waals surface area contributed by atoms with Gasteiger partial charge in [0.1, 0.15) is 0 Å². The molecule has 0 atom stereocenters. The van der Waals surface area contributed by atoms with Crippen molar-refractivity contribution in [3.05, 3.63) is 11.1 Å². The van der Waals surface area contributed by atoms with E-state index in [1.54, 1.807) is 0 Å². The molecule has 3 aliphatic rings. The highest BCUT2D eigenvalue weighted by atomic mass is 35.5. The quantitative estimate of drug-likeness (QED) is 0.485. The average Bonchev–Trinajstić information content (AvgIpc) is 2.62. The first-order chi connectivity index (χ1) is 4.29. The first-order valence-electron chi connectivity index (χ1n) is 3.68. The molecule has 0 aromatic rings. The van der Waals surface area contributed by atoms with Gasteiger partial charge >= 0.3 is 0 Å². The average molecular weight is 141 g/mol. The Hall–Kier alpha value is 0.0300. The van der Waals surface area contributed by atoms with Gasteiger partial charge in [-0.2, -0.15) is 0 Å². The predicted octanol–water partition coefficient (Wildman–Crippen LogP) is 2.68. The second-order valence-electron chi connectivity index (χ2n) is 3.73. The Bertz CT molecular complexity index is 207. The minimum absolute atomic E-state index is 0.564. The third kappa shape index (κ3) is 0.324. The molecule has 0 saturated heterocycles. The standard InChI is InChI=1S/C8H9Cl/c9-6-5-7(1-2-7)8(6)3-4-8/h5H,1-4H2. The second kappa shape index (κ2) is 0.989. The number of halogens is 1. The molecule has 0 amide bonds. The lowest BCUT2D eigenvalue weighted by molar-refractivity contribution is 0.370. The molecule has 0 nitrogen and oxygen atoms in total. The summed E-state index contributed by atoms with van der Waals surface area (Å²) in [6.07, 6.45) is 7.89. The van der Waals surface area contributed by atoms with Crippen LogP contribution in [0, 0.1) is 10.8 Å². The first-order valence-corrected chi connectivity index (χ1v) is 4.06. The third-order valence-electron chi connectivity index (χ3n) is 3.35. The normalized spacial score (nSPS) is 38.1. The summed E-state index contributed by atoms with van der Waals surface area (Å²) >= 11 is 5.99. The van der Waals surface area contributed by atoms with Crippen LogP contribution in [0.5, 0.6) is 0 Å². The molecule has 0 N–H and O–H groups in total. The van der Waals surface area contributed by atoms with Gasteiger partial charge in [0, 0.05) is 15.9 Å². The fourth-order valence-electron chi connectivity index (χ4n) is 2.30. The van der Waals surface area contributed by atoms with Crippen LogP contribution in [0.4, 0.5) is 0 Å². The monoisotopic (exact) mass is 140 g/mol. The van der Waals surface area contributed by atoms with E-state index in [9.17, 15) is 0 Å². The second-order valence-corrected chi connectivity index (χ2v) is 4.14. The van der Waals surface area contributed by atoms with Gasteiger partial charge in [0.2, 0.25) is 0 Å². The fourth-order valence-corrected chi connectivity index (χ4v) is 2.88. The van der Waals surface area contributed by atoms with E-state index in [0.29, 0.717) is 10.8 Å². The molecule has 2 spiro atoms. The fraction of sp³-hybridized carbons (Fsp3) is 0.750. The van der Waals surface area contributed by atoms with Crippen LogP contribution in [0.25, 0.3) is 0 Å². The Kier molecular flexibility index (Phi) is 0.526. The Labute approximate surface area is 59.9 Å². The van der Waals surface area contributed by atoms with Crippen LogP contribution in [-0.4, -0.2) is 0 Å². The maximum absolute atomic E-state index is 5.99. The van der Waals surface area contributed by atoms with Crippen molar-refractivity contribution in [3.8, 4) is 0 Å². The van der Waals surface area contributed by atoms with E-state index in [2.05, 4.69) is 6.08 Å². The summed E-state index contributed by atoms with van der Waals surface area (Å²) < 4.78 is 0. The van der Waals surface area contributed by atoms with Crippen molar-refractivity contribution in [1.29, 1.82) is 0 Å². The lowest BCUT2D eigenvalue weighted by Crippen LogP contribution is -2.25. The maximum Gasteiger partial charge on any atom is 0.0217 e. The van der Waals surface area contributed by atoms with E-state index in [-0.39, 0.29) is 0 Å². The summed E-state index contributed by atoms with van der Waals surface area (Å²) in [6.45, 7) is 0. The predicted molar refractivity (Wildman–Crippen MR) is 37.3 cm³/mol. The van der Waals surface area contributed by atoms with Crippen LogP contribution in [0.3, 0.4) is 0 Å². The molecule has 0 bridgehead atoms. The lowest BCUT2D eigenvalue weighted by atomic mass is 9.75. The summed E-state index contributed by atoms with van der Waals surface area (Å²) in [4.78, 5) is 0. The first kappa shape index (κ1) is 4.79. The van der Waals surface area contributed by atoms with Crippen LogP contribution in [-0.2, 0) is 0 Å². The molecule has 2 saturated carbocycles. The number of hydrogen-bond donors (Lipinski definition) is 0. The van der Waals surface area contributed by atoms with Gasteiger partial charge in [-0.25, -0.2) is 0 Å². The number of allylic oxidation sites excluding steroid dienone is 2. The lowest BCUT2D eigenvalue weighted by Gasteiger charge is -2.33. The van der Waals surface area contributed by atoms with Crippen LogP contribution in [0.2, 0.25) is 0 Å². The smallest absolute Gasteiger partial charge is 0.0217 e. The molecule has 9 heavy (non-hydrogen) atoms. The van der Waals surface area contributed by atoms with E-state index in [1.807, 2.05) is 0 Å². The summed E-state index contributed by atoms with van der Waals surface area (Å²) in [5, 5.41) is 1.18. The topological polar surface area (TPSA) is 0 Å². The van der Waals surface area contributed by atoms with Crippen molar-refractivity contribution in [3.63, 3.8) is 0 Å². The van der Waals surface area contributed by atoms with Crippen molar-refractivity contribution in [2.45, 2.75) is 25.7 Å². The number of fused-ring (bicyclic) bond motifs is 1. The zero-order valence-corrected chi connectivity index (χ0v) is 6.04. The summed E-state index contributed by atoms with van der Waals surface area (Å²) in [7, 11) is 0. The molecule has 48 valence electrons. The third-order valence-corrected chi connectivity index (χ3v) is 3.82. The van der Waals surface area contributed by atoms with Crippen molar-refractivity contribution in [2.75, 3.05) is 0 Å². The van der Waals surface area contributed by atoms with Gasteiger partial charge in [-0.3, -0.25) is 0 Å². The molecule has 0 unspecified atom stereocenters. The molecule has 3 aliphatic carbocycles. The highest BCUT2D eigenvalue weighted by Gasteiger charge is 2.71. The minimum Gasteiger partial charge on any atom is -0.0888 e. The van der Waals surface area contributed by atoms with Crippen molar-refractivity contribution >= 4 is 11.6 Å². The maximum atomic E-state index is 5.99. The van der Waals surface area contributed by atoms with Gasteiger partial charge in [-0.1, -0.05) is 17.7 Å². The van der Waals surface area contributed by atoms with Crippen LogP contribution < -0.4 is 0 Å². The summed E-state index contributed by atoms with van der Waals surface area (Å²) in [5.74, 6) is 0. The molecule has 0 aromatic carbocycles. The Morgan fingerprint density at radius 1 is 1.22 bits per heavy atom. The molecule has 0 radical (unpaired) electrons. The van der Waals surface area contributed by atoms with Crippen LogP contribution >= 0.6 is 11.6 Å². The zero-order chi connectivity index (χ0) is 6.11. The molecule has 2 fully saturated rings. The molecular weight excluding hydrogens is 132 g/mol. The zero-order valence-electron chi connectivity index (χ0n) is 5.28. The largest absolute Gasteiger partial charge is 0.0888 e.